The van der Waals surface area contributed by atoms with E-state index in [2.05, 4.69) is 29.7 Å². The fourth-order valence-electron chi connectivity index (χ4n) is 8.07. The van der Waals surface area contributed by atoms with Gasteiger partial charge >= 0.3 is 5.97 Å². The molecule has 0 radical (unpaired) electrons. The van der Waals surface area contributed by atoms with Crippen LogP contribution in [0.4, 0.5) is 4.39 Å². The summed E-state index contributed by atoms with van der Waals surface area (Å²) in [4.78, 5) is 40.6. The van der Waals surface area contributed by atoms with Crippen LogP contribution in [0.15, 0.2) is 97.5 Å². The van der Waals surface area contributed by atoms with E-state index in [-0.39, 0.29) is 82.6 Å². The van der Waals surface area contributed by atoms with E-state index in [9.17, 15) is 37.6 Å². The second-order valence-electron chi connectivity index (χ2n) is 16.1. The summed E-state index contributed by atoms with van der Waals surface area (Å²) in [6, 6.07) is 22.2. The summed E-state index contributed by atoms with van der Waals surface area (Å²) in [6.07, 6.45) is 0.213. The predicted octanol–water partition coefficient (Wildman–Crippen LogP) is 7.13. The summed E-state index contributed by atoms with van der Waals surface area (Å²) in [5, 5.41) is 32.3. The number of hydrogen-bond acceptors (Lipinski definition) is 17. The van der Waals surface area contributed by atoms with Crippen molar-refractivity contribution >= 4 is 49.2 Å². The van der Waals surface area contributed by atoms with Crippen molar-refractivity contribution in [3.05, 3.63) is 120 Å². The molecule has 69 heavy (non-hydrogen) atoms. The second kappa shape index (κ2) is 20.5. The highest BCUT2D eigenvalue weighted by molar-refractivity contribution is 7.85. The molecular weight excluding hydrogens is 959 g/mol. The number of hydrogen-bond donors (Lipinski definition) is 4. The number of ether oxygens (including phenoxy) is 4. The zero-order chi connectivity index (χ0) is 48.2. The quantitative estimate of drug-likeness (QED) is 0.0541. The van der Waals surface area contributed by atoms with Crippen LogP contribution in [0, 0.1) is 5.82 Å². The van der Waals surface area contributed by atoms with Crippen molar-refractivity contribution in [2.24, 2.45) is 0 Å². The lowest BCUT2D eigenvalue weighted by Gasteiger charge is -2.36. The van der Waals surface area contributed by atoms with Crippen LogP contribution >= 0.6 is 22.9 Å². The van der Waals surface area contributed by atoms with Crippen molar-refractivity contribution < 1.29 is 61.5 Å². The summed E-state index contributed by atoms with van der Waals surface area (Å²) in [5.41, 5.74) is 2.40. The second-order valence-corrected chi connectivity index (χ2v) is 19.0. The fraction of sp³-hybridized carbons (Fsp3) is 0.255. The van der Waals surface area contributed by atoms with Crippen LogP contribution in [-0.4, -0.2) is 128 Å². The first-order valence-electron chi connectivity index (χ1n) is 21.4. The fourth-order valence-corrected chi connectivity index (χ4v) is 9.92. The highest BCUT2D eigenvalue weighted by atomic mass is 35.5. The number of aromatic hydroxyl groups is 1. The number of halogens is 2. The number of phenols is 1. The molecule has 1 saturated heterocycles. The largest absolute Gasteiger partial charge is 0.506 e. The Kier molecular flexibility index (Phi) is 14.1. The number of aromatic nitrogens is 4. The molecule has 3 aliphatic heterocycles. The summed E-state index contributed by atoms with van der Waals surface area (Å²) in [7, 11) is -4.13. The van der Waals surface area contributed by atoms with Gasteiger partial charge in [0.2, 0.25) is 12.0 Å². The third-order valence-electron chi connectivity index (χ3n) is 11.5. The van der Waals surface area contributed by atoms with Gasteiger partial charge in [-0.05, 0) is 66.2 Å². The monoisotopic (exact) mass is 1000 g/mol. The summed E-state index contributed by atoms with van der Waals surface area (Å²) in [5.74, 6) is -1.50. The minimum absolute atomic E-state index is 0.0516. The van der Waals surface area contributed by atoms with Crippen molar-refractivity contribution in [1.82, 2.24) is 29.7 Å². The Morgan fingerprint density at radius 2 is 1.71 bits per heavy atom. The number of carboxylic acid groups (broad SMARTS) is 1. The summed E-state index contributed by atoms with van der Waals surface area (Å²) >= 11 is 8.17. The van der Waals surface area contributed by atoms with Gasteiger partial charge in [-0.2, -0.15) is 8.42 Å². The molecule has 3 aliphatic rings. The number of carbonyl (C=O) groups is 1. The molecule has 0 aliphatic carbocycles. The van der Waals surface area contributed by atoms with Crippen molar-refractivity contribution in [2.45, 2.75) is 25.2 Å². The average molecular weight is 1000 g/mol. The number of piperazine rings is 1. The zero-order valence-corrected chi connectivity index (χ0v) is 38.7. The van der Waals surface area contributed by atoms with E-state index < -0.39 is 34.1 Å². The zero-order valence-electron chi connectivity index (χ0n) is 36.3. The molecule has 0 spiro atoms. The van der Waals surface area contributed by atoms with Gasteiger partial charge in [0.05, 0.1) is 22.4 Å². The molecule has 3 aromatic heterocycles. The number of thiophene rings is 1. The van der Waals surface area contributed by atoms with Crippen LogP contribution in [0.5, 0.6) is 34.6 Å². The van der Waals surface area contributed by atoms with Crippen LogP contribution in [-0.2, 0) is 27.9 Å². The summed E-state index contributed by atoms with van der Waals surface area (Å²) in [6.45, 7) is 2.47. The van der Waals surface area contributed by atoms with Gasteiger partial charge in [-0.15, -0.1) is 11.3 Å². The molecular formula is C47H42ClFN6O12S2. The lowest BCUT2D eigenvalue weighted by molar-refractivity contribution is -0.145. The topological polar surface area (TPSA) is 236 Å². The normalized spacial score (nSPS) is 16.8. The Balaban J connectivity index is 1.10. The molecule has 7 aromatic rings. The lowest BCUT2D eigenvalue weighted by Crippen LogP contribution is -2.50. The van der Waals surface area contributed by atoms with Crippen molar-refractivity contribution in [2.75, 3.05) is 51.6 Å². The van der Waals surface area contributed by atoms with Crippen LogP contribution in [0.2, 0.25) is 5.02 Å². The molecule has 0 amide bonds. The third-order valence-corrected chi connectivity index (χ3v) is 13.7. The Morgan fingerprint density at radius 1 is 0.928 bits per heavy atom. The van der Waals surface area contributed by atoms with Crippen LogP contribution < -0.4 is 23.8 Å². The number of para-hydroxylation sites is 1. The van der Waals surface area contributed by atoms with Crippen LogP contribution in [0.3, 0.4) is 0 Å². The minimum Gasteiger partial charge on any atom is -0.506 e. The number of fused-ring (bicyclic) bond motifs is 7. The number of benzene rings is 4. The highest BCUT2D eigenvalue weighted by Gasteiger charge is 2.31. The van der Waals surface area contributed by atoms with E-state index >= 15 is 0 Å². The minimum atomic E-state index is -4.13. The molecule has 6 heterocycles. The Bertz CT molecular complexity index is 3120. The maximum Gasteiger partial charge on any atom is 0.345 e. The highest BCUT2D eigenvalue weighted by Crippen LogP contribution is 2.52. The van der Waals surface area contributed by atoms with E-state index in [1.165, 1.54) is 36.0 Å². The van der Waals surface area contributed by atoms with Crippen molar-refractivity contribution in [3.63, 3.8) is 0 Å². The first-order chi connectivity index (χ1) is 33.3. The van der Waals surface area contributed by atoms with E-state index in [1.54, 1.807) is 72.8 Å². The Morgan fingerprint density at radius 3 is 2.48 bits per heavy atom. The van der Waals surface area contributed by atoms with E-state index in [4.69, 9.17) is 30.5 Å². The van der Waals surface area contributed by atoms with Gasteiger partial charge < -0.3 is 34.0 Å². The van der Waals surface area contributed by atoms with E-state index in [0.29, 0.717) is 76.1 Å². The van der Waals surface area contributed by atoms with Gasteiger partial charge in [-0.1, -0.05) is 35.9 Å². The Hall–Kier alpha value is -6.72. The molecule has 4 aromatic carbocycles. The van der Waals surface area contributed by atoms with Crippen LogP contribution in [0.25, 0.3) is 43.2 Å². The molecule has 18 nitrogen and oxygen atoms in total. The van der Waals surface area contributed by atoms with Crippen LogP contribution in [0.1, 0.15) is 11.3 Å². The Labute approximate surface area is 402 Å². The number of aliphatic carboxylic acids is 1. The van der Waals surface area contributed by atoms with Crippen molar-refractivity contribution in [3.8, 4) is 67.6 Å². The number of carboxylic acids is 1. The lowest BCUT2D eigenvalue weighted by atomic mass is 9.98. The molecule has 10 rings (SSSR count). The SMILES string of the molecule is O=C(O)[C@H]1Cc2cc(ccc2OCc2ccnc(-c3ccccc3OO)n2)OC[C@@H](CN2CCN(CCS(=O)(=O)O)CC2)Oc2ccc(c(O)c2Cl)-c2c(-c3ccc(F)cc3)sc3ncnc(c23)O1. The van der Waals surface area contributed by atoms with Gasteiger partial charge in [0.1, 0.15) is 64.3 Å². The summed E-state index contributed by atoms with van der Waals surface area (Å²) < 4.78 is 72.0. The smallest absolute Gasteiger partial charge is 0.345 e. The standard InChI is InChI=1S/C47H42ClFN6O12S2/c48-41-37-12-10-34(42(41)56)39-40-45(51-26-52-46(40)68-43(39)27-5-7-29(49)8-6-27)66-38(47(57)58)22-28-21-31(63-25-32(65-37)23-55-17-15-54(16-18-55)19-20-69(60,61)62)9-11-35(28)64-24-30-13-14-50-44(53-30)33-3-1-2-4-36(33)67-59/h1-14,21,26,32,38,56,59H,15-20,22-25H2,(H,57,58)(H,60,61,62)/t32-,38-/m1/s1. The van der Waals surface area contributed by atoms with Gasteiger partial charge in [0.25, 0.3) is 10.1 Å². The maximum absolute atomic E-state index is 14.3. The molecule has 2 atom stereocenters. The molecule has 0 unspecified atom stereocenters. The number of nitrogens with zero attached hydrogens (tertiary/aromatic N) is 6. The number of phenolic OH excluding ortho intramolecular Hbond substituents is 1. The molecule has 4 bridgehead atoms. The molecule has 358 valence electrons. The van der Waals surface area contributed by atoms with Gasteiger partial charge in [-0.3, -0.25) is 14.4 Å². The predicted molar refractivity (Wildman–Crippen MR) is 251 cm³/mol. The third kappa shape index (κ3) is 10.9. The van der Waals surface area contributed by atoms with E-state index in [0.717, 1.165) is 0 Å². The first kappa shape index (κ1) is 47.4. The van der Waals surface area contributed by atoms with Crippen molar-refractivity contribution in [1.29, 1.82) is 0 Å². The number of rotatable bonds is 12. The maximum atomic E-state index is 14.3. The molecule has 22 heteroatoms. The van der Waals surface area contributed by atoms with E-state index in [1.807, 2.05) is 4.90 Å². The molecule has 1 fully saturated rings. The molecule has 0 saturated carbocycles. The van der Waals surface area contributed by atoms with Gasteiger partial charge in [0.15, 0.2) is 11.6 Å². The first-order valence-corrected chi connectivity index (χ1v) is 24.2. The van der Waals surface area contributed by atoms with Gasteiger partial charge in [0, 0.05) is 73.5 Å². The van der Waals surface area contributed by atoms with Gasteiger partial charge in [-0.25, -0.2) is 34.4 Å². The molecule has 4 N–H and O–H groups in total. The average Bonchev–Trinajstić information content (AvgIpc) is 3.74.